The van der Waals surface area contributed by atoms with Crippen molar-refractivity contribution in [2.45, 2.75) is 51.1 Å². The molecule has 2 aliphatic carbocycles. The van der Waals surface area contributed by atoms with Gasteiger partial charge in [-0.1, -0.05) is 6.92 Å². The van der Waals surface area contributed by atoms with Crippen LogP contribution in [0, 0.1) is 11.8 Å². The lowest BCUT2D eigenvalue weighted by atomic mass is 10.0. The fourth-order valence-electron chi connectivity index (χ4n) is 2.96. The standard InChI is InChI=1S/C13H24N2/c1-2-12-7-14-13(11-5-6-11)9-15(12)8-10-3-4-10/h10-14H,2-9H2,1H3. The van der Waals surface area contributed by atoms with E-state index >= 15 is 0 Å². The number of hydrogen-bond donors (Lipinski definition) is 1. The number of hydrogen-bond acceptors (Lipinski definition) is 2. The zero-order chi connectivity index (χ0) is 10.3. The summed E-state index contributed by atoms with van der Waals surface area (Å²) in [5.41, 5.74) is 0. The predicted molar refractivity (Wildman–Crippen MR) is 62.9 cm³/mol. The summed E-state index contributed by atoms with van der Waals surface area (Å²) >= 11 is 0. The molecule has 1 saturated heterocycles. The Hall–Kier alpha value is -0.0800. The molecule has 0 aromatic rings. The van der Waals surface area contributed by atoms with Crippen LogP contribution in [0.2, 0.25) is 0 Å². The Morgan fingerprint density at radius 1 is 1.20 bits per heavy atom. The first-order chi connectivity index (χ1) is 7.36. The smallest absolute Gasteiger partial charge is 0.0224 e. The molecule has 1 aliphatic heterocycles. The summed E-state index contributed by atoms with van der Waals surface area (Å²) in [6, 6.07) is 1.65. The number of nitrogens with zero attached hydrogens (tertiary/aromatic N) is 1. The highest BCUT2D eigenvalue weighted by molar-refractivity contribution is 4.95. The van der Waals surface area contributed by atoms with Gasteiger partial charge in [-0.25, -0.2) is 0 Å². The van der Waals surface area contributed by atoms with E-state index in [1.165, 1.54) is 51.7 Å². The molecule has 3 fully saturated rings. The van der Waals surface area contributed by atoms with Gasteiger partial charge in [-0.3, -0.25) is 4.90 Å². The third kappa shape index (κ3) is 2.36. The van der Waals surface area contributed by atoms with E-state index in [1.807, 2.05) is 0 Å². The van der Waals surface area contributed by atoms with Crippen molar-refractivity contribution in [2.75, 3.05) is 19.6 Å². The normalized spacial score (nSPS) is 38.2. The molecule has 86 valence electrons. The van der Waals surface area contributed by atoms with E-state index in [9.17, 15) is 0 Å². The highest BCUT2D eigenvalue weighted by Gasteiger charge is 2.38. The van der Waals surface area contributed by atoms with Crippen molar-refractivity contribution in [3.63, 3.8) is 0 Å². The largest absolute Gasteiger partial charge is 0.311 e. The highest BCUT2D eigenvalue weighted by atomic mass is 15.2. The van der Waals surface area contributed by atoms with Crippen molar-refractivity contribution in [2.24, 2.45) is 11.8 Å². The van der Waals surface area contributed by atoms with Gasteiger partial charge in [0.25, 0.3) is 0 Å². The summed E-state index contributed by atoms with van der Waals surface area (Å²) in [7, 11) is 0. The summed E-state index contributed by atoms with van der Waals surface area (Å²) in [4.78, 5) is 2.79. The van der Waals surface area contributed by atoms with E-state index in [0.717, 1.165) is 23.9 Å². The molecule has 2 heteroatoms. The van der Waals surface area contributed by atoms with Gasteiger partial charge in [0.15, 0.2) is 0 Å². The fourth-order valence-corrected chi connectivity index (χ4v) is 2.96. The first kappa shape index (κ1) is 10.1. The lowest BCUT2D eigenvalue weighted by molar-refractivity contribution is 0.114. The molecule has 15 heavy (non-hydrogen) atoms. The molecule has 0 bridgehead atoms. The van der Waals surface area contributed by atoms with Crippen LogP contribution < -0.4 is 5.32 Å². The Kier molecular flexibility index (Phi) is 2.73. The minimum atomic E-state index is 0.820. The Balaban J connectivity index is 1.57. The lowest BCUT2D eigenvalue weighted by Crippen LogP contribution is -2.57. The molecular formula is C13H24N2. The third-order valence-electron chi connectivity index (χ3n) is 4.42. The first-order valence-electron chi connectivity index (χ1n) is 6.84. The topological polar surface area (TPSA) is 15.3 Å². The van der Waals surface area contributed by atoms with E-state index in [4.69, 9.17) is 0 Å². The van der Waals surface area contributed by atoms with Gasteiger partial charge in [-0.15, -0.1) is 0 Å². The van der Waals surface area contributed by atoms with Crippen molar-refractivity contribution in [3.05, 3.63) is 0 Å². The molecule has 2 saturated carbocycles. The minimum absolute atomic E-state index is 0.820. The summed E-state index contributed by atoms with van der Waals surface area (Å²) < 4.78 is 0. The Labute approximate surface area is 93.4 Å². The summed E-state index contributed by atoms with van der Waals surface area (Å²) in [6.45, 7) is 6.30. The summed E-state index contributed by atoms with van der Waals surface area (Å²) in [6.07, 6.45) is 7.26. The molecule has 0 radical (unpaired) electrons. The molecule has 0 aromatic carbocycles. The second-order valence-electron chi connectivity index (χ2n) is 5.81. The minimum Gasteiger partial charge on any atom is -0.311 e. The van der Waals surface area contributed by atoms with Crippen LogP contribution in [0.4, 0.5) is 0 Å². The van der Waals surface area contributed by atoms with Crippen LogP contribution in [-0.4, -0.2) is 36.6 Å². The molecule has 2 nitrogen and oxygen atoms in total. The Morgan fingerprint density at radius 2 is 2.00 bits per heavy atom. The number of nitrogens with one attached hydrogen (secondary N) is 1. The second kappa shape index (κ2) is 4.06. The van der Waals surface area contributed by atoms with Crippen molar-refractivity contribution < 1.29 is 0 Å². The van der Waals surface area contributed by atoms with Gasteiger partial charge >= 0.3 is 0 Å². The van der Waals surface area contributed by atoms with Crippen LogP contribution in [0.5, 0.6) is 0 Å². The average molecular weight is 208 g/mol. The zero-order valence-electron chi connectivity index (χ0n) is 9.91. The van der Waals surface area contributed by atoms with E-state index in [0.29, 0.717) is 0 Å². The molecule has 0 spiro atoms. The zero-order valence-corrected chi connectivity index (χ0v) is 9.91. The maximum Gasteiger partial charge on any atom is 0.0224 e. The molecule has 3 rings (SSSR count). The van der Waals surface area contributed by atoms with Crippen LogP contribution >= 0.6 is 0 Å². The van der Waals surface area contributed by atoms with Crippen molar-refractivity contribution in [1.29, 1.82) is 0 Å². The second-order valence-corrected chi connectivity index (χ2v) is 5.81. The average Bonchev–Trinajstić information content (AvgIpc) is 3.11. The maximum absolute atomic E-state index is 3.76. The molecule has 1 N–H and O–H groups in total. The van der Waals surface area contributed by atoms with Crippen molar-refractivity contribution in [3.8, 4) is 0 Å². The molecule has 0 aromatic heterocycles. The Bertz CT molecular complexity index is 221. The number of piperazine rings is 1. The molecule has 2 unspecified atom stereocenters. The van der Waals surface area contributed by atoms with Gasteiger partial charge in [-0.2, -0.15) is 0 Å². The monoisotopic (exact) mass is 208 g/mol. The summed E-state index contributed by atoms with van der Waals surface area (Å²) in [5, 5.41) is 3.76. The SMILES string of the molecule is CCC1CNC(C2CC2)CN1CC1CC1. The van der Waals surface area contributed by atoms with Gasteiger partial charge in [-0.05, 0) is 43.9 Å². The lowest BCUT2D eigenvalue weighted by Gasteiger charge is -2.40. The third-order valence-corrected chi connectivity index (χ3v) is 4.42. The molecular weight excluding hydrogens is 184 g/mol. The first-order valence-corrected chi connectivity index (χ1v) is 6.84. The highest BCUT2D eigenvalue weighted by Crippen LogP contribution is 2.36. The van der Waals surface area contributed by atoms with Crippen LogP contribution in [0.15, 0.2) is 0 Å². The number of rotatable bonds is 4. The van der Waals surface area contributed by atoms with Gasteiger partial charge in [0, 0.05) is 31.7 Å². The van der Waals surface area contributed by atoms with Gasteiger partial charge in [0.05, 0.1) is 0 Å². The summed E-state index contributed by atoms with van der Waals surface area (Å²) in [5.74, 6) is 2.07. The van der Waals surface area contributed by atoms with E-state index in [-0.39, 0.29) is 0 Å². The Morgan fingerprint density at radius 3 is 2.60 bits per heavy atom. The van der Waals surface area contributed by atoms with Gasteiger partial charge in [0.2, 0.25) is 0 Å². The van der Waals surface area contributed by atoms with Gasteiger partial charge in [0.1, 0.15) is 0 Å². The van der Waals surface area contributed by atoms with E-state index in [1.54, 1.807) is 0 Å². The van der Waals surface area contributed by atoms with Crippen LogP contribution in [0.3, 0.4) is 0 Å². The molecule has 2 atom stereocenters. The van der Waals surface area contributed by atoms with Crippen molar-refractivity contribution in [1.82, 2.24) is 10.2 Å². The molecule has 3 aliphatic rings. The maximum atomic E-state index is 3.76. The fraction of sp³-hybridized carbons (Fsp3) is 1.00. The van der Waals surface area contributed by atoms with Gasteiger partial charge < -0.3 is 5.32 Å². The molecule has 1 heterocycles. The van der Waals surface area contributed by atoms with Crippen LogP contribution in [0.1, 0.15) is 39.0 Å². The van der Waals surface area contributed by atoms with E-state index < -0.39 is 0 Å². The van der Waals surface area contributed by atoms with Crippen LogP contribution in [0.25, 0.3) is 0 Å². The predicted octanol–water partition coefficient (Wildman–Crippen LogP) is 1.86. The van der Waals surface area contributed by atoms with E-state index in [2.05, 4.69) is 17.1 Å². The quantitative estimate of drug-likeness (QED) is 0.758. The van der Waals surface area contributed by atoms with Crippen LogP contribution in [-0.2, 0) is 0 Å². The molecule has 0 amide bonds. The van der Waals surface area contributed by atoms with Crippen molar-refractivity contribution >= 4 is 0 Å².